The summed E-state index contributed by atoms with van der Waals surface area (Å²) in [6, 6.07) is 0. The van der Waals surface area contributed by atoms with E-state index in [1.807, 2.05) is 6.92 Å². The zero-order valence-electron chi connectivity index (χ0n) is 10.0. The van der Waals surface area contributed by atoms with Crippen molar-refractivity contribution >= 4 is 15.6 Å². The topological polar surface area (TPSA) is 63.2 Å². The lowest BCUT2D eigenvalue weighted by Gasteiger charge is -2.31. The summed E-state index contributed by atoms with van der Waals surface area (Å²) in [6.45, 7) is 5.42. The van der Waals surface area contributed by atoms with Crippen LogP contribution < -0.4 is 5.32 Å². The van der Waals surface area contributed by atoms with Crippen LogP contribution in [0.5, 0.6) is 0 Å². The number of hydrogen-bond acceptors (Lipinski definition) is 4. The largest absolute Gasteiger partial charge is 0.316 e. The van der Waals surface area contributed by atoms with E-state index in [9.17, 15) is 13.2 Å². The van der Waals surface area contributed by atoms with Crippen LogP contribution in [0.3, 0.4) is 0 Å². The van der Waals surface area contributed by atoms with Crippen molar-refractivity contribution in [1.82, 2.24) is 5.32 Å². The zero-order valence-corrected chi connectivity index (χ0v) is 10.8. The smallest absolute Gasteiger partial charge is 0.150 e. The Balaban J connectivity index is 2.24. The average molecular weight is 247 g/mol. The molecule has 4 nitrogen and oxygen atoms in total. The molecule has 94 valence electrons. The van der Waals surface area contributed by atoms with Gasteiger partial charge in [-0.3, -0.25) is 4.79 Å². The summed E-state index contributed by atoms with van der Waals surface area (Å²) in [5.41, 5.74) is 0. The maximum atomic E-state index is 11.7. The predicted molar refractivity (Wildman–Crippen MR) is 64.1 cm³/mol. The molecular weight excluding hydrogens is 226 g/mol. The standard InChI is InChI=1S/C11H21NO3S/c1-3-16(14,15)6-4-5-11(13)9(2)10-7-12-8-10/h9-10,12H,3-8H2,1-2H3. The number of rotatable bonds is 7. The molecule has 1 heterocycles. The molecule has 0 saturated carbocycles. The summed E-state index contributed by atoms with van der Waals surface area (Å²) >= 11 is 0. The molecular formula is C11H21NO3S. The number of carbonyl (C=O) groups excluding carboxylic acids is 1. The summed E-state index contributed by atoms with van der Waals surface area (Å²) in [5, 5.41) is 3.14. The number of Topliss-reactive ketones (excluding diaryl/α,β-unsaturated/α-hetero) is 1. The fraction of sp³-hybridized carbons (Fsp3) is 0.909. The molecule has 0 amide bonds. The number of sulfone groups is 1. The van der Waals surface area contributed by atoms with E-state index >= 15 is 0 Å². The molecule has 1 fully saturated rings. The third-order valence-corrected chi connectivity index (χ3v) is 5.14. The van der Waals surface area contributed by atoms with Gasteiger partial charge in [-0.1, -0.05) is 13.8 Å². The van der Waals surface area contributed by atoms with Gasteiger partial charge in [-0.15, -0.1) is 0 Å². The van der Waals surface area contributed by atoms with E-state index < -0.39 is 9.84 Å². The Bertz CT molecular complexity index is 333. The van der Waals surface area contributed by atoms with Crippen LogP contribution in [0.1, 0.15) is 26.7 Å². The van der Waals surface area contributed by atoms with Crippen LogP contribution in [0.4, 0.5) is 0 Å². The molecule has 1 atom stereocenters. The first-order chi connectivity index (χ1) is 7.46. The molecule has 1 N–H and O–H groups in total. The lowest BCUT2D eigenvalue weighted by molar-refractivity contribution is -0.124. The first-order valence-electron chi connectivity index (χ1n) is 5.90. The summed E-state index contributed by atoms with van der Waals surface area (Å²) < 4.78 is 22.5. The van der Waals surface area contributed by atoms with E-state index in [1.165, 1.54) is 0 Å². The van der Waals surface area contributed by atoms with E-state index in [0.29, 0.717) is 18.8 Å². The van der Waals surface area contributed by atoms with E-state index in [4.69, 9.17) is 0 Å². The fourth-order valence-electron chi connectivity index (χ4n) is 1.77. The quantitative estimate of drug-likeness (QED) is 0.716. The normalized spacial score (nSPS) is 19.1. The highest BCUT2D eigenvalue weighted by molar-refractivity contribution is 7.91. The second kappa shape index (κ2) is 5.77. The van der Waals surface area contributed by atoms with E-state index in [2.05, 4.69) is 5.32 Å². The SMILES string of the molecule is CCS(=O)(=O)CCCC(=O)C(C)C1CNC1. The maximum Gasteiger partial charge on any atom is 0.150 e. The average Bonchev–Trinajstić information content (AvgIpc) is 2.14. The van der Waals surface area contributed by atoms with Gasteiger partial charge in [0.25, 0.3) is 0 Å². The zero-order chi connectivity index (χ0) is 12.2. The van der Waals surface area contributed by atoms with E-state index in [-0.39, 0.29) is 23.2 Å². The van der Waals surface area contributed by atoms with Gasteiger partial charge >= 0.3 is 0 Å². The minimum Gasteiger partial charge on any atom is -0.316 e. The van der Waals surface area contributed by atoms with Gasteiger partial charge in [0, 0.05) is 18.1 Å². The summed E-state index contributed by atoms with van der Waals surface area (Å²) in [4.78, 5) is 11.7. The first-order valence-corrected chi connectivity index (χ1v) is 7.72. The highest BCUT2D eigenvalue weighted by Gasteiger charge is 2.28. The van der Waals surface area contributed by atoms with Crippen molar-refractivity contribution in [3.8, 4) is 0 Å². The second-order valence-electron chi connectivity index (χ2n) is 4.51. The third kappa shape index (κ3) is 3.87. The van der Waals surface area contributed by atoms with Crippen molar-refractivity contribution in [1.29, 1.82) is 0 Å². The Hall–Kier alpha value is -0.420. The molecule has 0 aromatic carbocycles. The van der Waals surface area contributed by atoms with Crippen LogP contribution in [0, 0.1) is 11.8 Å². The second-order valence-corrected chi connectivity index (χ2v) is 6.99. The molecule has 0 aromatic rings. The lowest BCUT2D eigenvalue weighted by atomic mass is 9.84. The Labute approximate surface area is 97.7 Å². The Morgan fingerprint density at radius 2 is 2.06 bits per heavy atom. The van der Waals surface area contributed by atoms with Crippen LogP contribution in [0.25, 0.3) is 0 Å². The van der Waals surface area contributed by atoms with Gasteiger partial charge in [0.2, 0.25) is 0 Å². The van der Waals surface area contributed by atoms with Gasteiger partial charge in [-0.05, 0) is 25.4 Å². The number of nitrogens with one attached hydrogen (secondary N) is 1. The Kier molecular flexibility index (Phi) is 4.92. The van der Waals surface area contributed by atoms with Crippen molar-refractivity contribution in [3.05, 3.63) is 0 Å². The molecule has 1 rings (SSSR count). The van der Waals surface area contributed by atoms with Gasteiger partial charge in [-0.2, -0.15) is 0 Å². The highest BCUT2D eigenvalue weighted by Crippen LogP contribution is 2.18. The van der Waals surface area contributed by atoms with Gasteiger partial charge in [0.05, 0.1) is 5.75 Å². The number of carbonyl (C=O) groups is 1. The van der Waals surface area contributed by atoms with Crippen molar-refractivity contribution in [2.24, 2.45) is 11.8 Å². The summed E-state index contributed by atoms with van der Waals surface area (Å²) in [6.07, 6.45) is 0.871. The molecule has 0 aromatic heterocycles. The molecule has 5 heteroatoms. The van der Waals surface area contributed by atoms with E-state index in [0.717, 1.165) is 13.1 Å². The van der Waals surface area contributed by atoms with Gasteiger partial charge in [0.1, 0.15) is 15.6 Å². The number of ketones is 1. The van der Waals surface area contributed by atoms with Crippen molar-refractivity contribution in [2.45, 2.75) is 26.7 Å². The molecule has 1 aliphatic rings. The first kappa shape index (κ1) is 13.6. The van der Waals surface area contributed by atoms with Crippen LogP contribution in [-0.2, 0) is 14.6 Å². The number of hydrogen-bond donors (Lipinski definition) is 1. The Morgan fingerprint density at radius 3 is 2.50 bits per heavy atom. The van der Waals surface area contributed by atoms with E-state index in [1.54, 1.807) is 6.92 Å². The molecule has 0 radical (unpaired) electrons. The predicted octanol–water partition coefficient (Wildman–Crippen LogP) is 0.626. The summed E-state index contributed by atoms with van der Waals surface area (Å²) in [7, 11) is -2.92. The van der Waals surface area contributed by atoms with Gasteiger partial charge in [0.15, 0.2) is 0 Å². The monoisotopic (exact) mass is 247 g/mol. The van der Waals surface area contributed by atoms with Crippen LogP contribution in [0.15, 0.2) is 0 Å². The lowest BCUT2D eigenvalue weighted by Crippen LogP contribution is -2.47. The van der Waals surface area contributed by atoms with Crippen LogP contribution >= 0.6 is 0 Å². The minimum absolute atomic E-state index is 0.0746. The molecule has 0 bridgehead atoms. The summed E-state index contributed by atoms with van der Waals surface area (Å²) in [5.74, 6) is 1.05. The molecule has 1 saturated heterocycles. The van der Waals surface area contributed by atoms with Crippen LogP contribution in [0.2, 0.25) is 0 Å². The molecule has 16 heavy (non-hydrogen) atoms. The van der Waals surface area contributed by atoms with Crippen molar-refractivity contribution < 1.29 is 13.2 Å². The Morgan fingerprint density at radius 1 is 1.44 bits per heavy atom. The third-order valence-electron chi connectivity index (χ3n) is 3.35. The molecule has 1 unspecified atom stereocenters. The van der Waals surface area contributed by atoms with Gasteiger partial charge < -0.3 is 5.32 Å². The fourth-order valence-corrected chi connectivity index (χ4v) is 2.64. The van der Waals surface area contributed by atoms with Crippen molar-refractivity contribution in [2.75, 3.05) is 24.6 Å². The van der Waals surface area contributed by atoms with Gasteiger partial charge in [-0.25, -0.2) is 8.42 Å². The minimum atomic E-state index is -2.92. The van der Waals surface area contributed by atoms with Crippen LogP contribution in [-0.4, -0.2) is 38.8 Å². The molecule has 0 aliphatic carbocycles. The molecule has 1 aliphatic heterocycles. The van der Waals surface area contributed by atoms with Crippen molar-refractivity contribution in [3.63, 3.8) is 0 Å². The maximum absolute atomic E-state index is 11.7. The highest BCUT2D eigenvalue weighted by atomic mass is 32.2. The molecule has 0 spiro atoms.